The van der Waals surface area contributed by atoms with Gasteiger partial charge in [-0.05, 0) is 25.1 Å². The first-order chi connectivity index (χ1) is 8.31. The maximum absolute atomic E-state index is 3.25. The fraction of sp³-hybridized carbons (Fsp3) is 0.571. The molecule has 1 unspecified atom stereocenters. The Morgan fingerprint density at radius 3 is 2.82 bits per heavy atom. The van der Waals surface area contributed by atoms with Gasteiger partial charge in [0.05, 0.1) is 0 Å². The molecule has 17 heavy (non-hydrogen) atoms. The van der Waals surface area contributed by atoms with Gasteiger partial charge in [0, 0.05) is 37.2 Å². The van der Waals surface area contributed by atoms with Crippen LogP contribution in [0.5, 0.6) is 0 Å². The number of hydrogen-bond donors (Lipinski definition) is 1. The Morgan fingerprint density at radius 2 is 2.12 bits per heavy atom. The molecule has 1 N–H and O–H groups in total. The highest BCUT2D eigenvalue weighted by Gasteiger charge is 2.19. The van der Waals surface area contributed by atoms with Gasteiger partial charge in [-0.2, -0.15) is 11.8 Å². The van der Waals surface area contributed by atoms with Crippen molar-refractivity contribution in [1.82, 2.24) is 10.2 Å². The Hall–Kier alpha value is -0.510. The monoisotopic (exact) mass is 250 g/mol. The van der Waals surface area contributed by atoms with Crippen molar-refractivity contribution in [3.8, 4) is 0 Å². The second-order valence-corrected chi connectivity index (χ2v) is 5.84. The first-order valence-corrected chi connectivity index (χ1v) is 7.50. The molecule has 1 atom stereocenters. The van der Waals surface area contributed by atoms with Crippen LogP contribution in [0.1, 0.15) is 18.1 Å². The predicted octanol–water partition coefficient (Wildman–Crippen LogP) is 2.34. The van der Waals surface area contributed by atoms with Crippen LogP contribution in [-0.2, 0) is 13.1 Å². The third-order valence-electron chi connectivity index (χ3n) is 3.36. The van der Waals surface area contributed by atoms with Gasteiger partial charge in [0.1, 0.15) is 0 Å². The highest BCUT2D eigenvalue weighted by molar-refractivity contribution is 7.99. The lowest BCUT2D eigenvalue weighted by molar-refractivity contribution is 0.223. The van der Waals surface area contributed by atoms with Crippen LogP contribution >= 0.6 is 11.8 Å². The van der Waals surface area contributed by atoms with Gasteiger partial charge < -0.3 is 5.32 Å². The Labute approximate surface area is 109 Å². The van der Waals surface area contributed by atoms with Gasteiger partial charge in [0.25, 0.3) is 0 Å². The minimum Gasteiger partial charge on any atom is -0.316 e. The number of thioether (sulfide) groups is 1. The normalized spacial score (nSPS) is 21.6. The van der Waals surface area contributed by atoms with Crippen LogP contribution in [0, 0.1) is 0 Å². The summed E-state index contributed by atoms with van der Waals surface area (Å²) in [5, 5.41) is 3.25. The Bertz CT molecular complexity index is 354. The van der Waals surface area contributed by atoms with E-state index in [1.54, 1.807) is 0 Å². The molecule has 3 heteroatoms. The molecule has 1 heterocycles. The summed E-state index contributed by atoms with van der Waals surface area (Å²) in [5.41, 5.74) is 2.90. The van der Waals surface area contributed by atoms with E-state index in [0.717, 1.165) is 13.1 Å². The molecule has 1 aliphatic rings. The minimum atomic E-state index is 0.705. The molecule has 2 nitrogen and oxygen atoms in total. The Kier molecular flexibility index (Phi) is 4.89. The summed E-state index contributed by atoms with van der Waals surface area (Å²) in [5.74, 6) is 2.55. The van der Waals surface area contributed by atoms with Crippen molar-refractivity contribution >= 4 is 11.8 Å². The van der Waals surface area contributed by atoms with Crippen molar-refractivity contribution < 1.29 is 0 Å². The van der Waals surface area contributed by atoms with Crippen molar-refractivity contribution in [2.45, 2.75) is 26.1 Å². The molecule has 1 saturated heterocycles. The van der Waals surface area contributed by atoms with E-state index >= 15 is 0 Å². The highest BCUT2D eigenvalue weighted by atomic mass is 32.2. The molecule has 0 radical (unpaired) electrons. The summed E-state index contributed by atoms with van der Waals surface area (Å²) in [6.07, 6.45) is 0. The van der Waals surface area contributed by atoms with Crippen LogP contribution < -0.4 is 5.32 Å². The first kappa shape index (κ1) is 12.9. The molecule has 1 aromatic carbocycles. The summed E-state index contributed by atoms with van der Waals surface area (Å²) in [7, 11) is 2.01. The van der Waals surface area contributed by atoms with E-state index in [-0.39, 0.29) is 0 Å². The molecule has 1 aromatic rings. The molecule has 0 amide bonds. The highest BCUT2D eigenvalue weighted by Crippen LogP contribution is 2.20. The van der Waals surface area contributed by atoms with Gasteiger partial charge in [-0.1, -0.05) is 24.3 Å². The molecule has 1 aliphatic heterocycles. The van der Waals surface area contributed by atoms with Crippen LogP contribution in [-0.4, -0.2) is 36.0 Å². The van der Waals surface area contributed by atoms with Gasteiger partial charge in [-0.3, -0.25) is 4.90 Å². The third kappa shape index (κ3) is 3.47. The van der Waals surface area contributed by atoms with Crippen LogP contribution in [0.25, 0.3) is 0 Å². The van der Waals surface area contributed by atoms with E-state index in [9.17, 15) is 0 Å². The molecule has 1 fully saturated rings. The second kappa shape index (κ2) is 6.43. The van der Waals surface area contributed by atoms with Crippen molar-refractivity contribution in [2.24, 2.45) is 0 Å². The third-order valence-corrected chi connectivity index (χ3v) is 4.55. The number of nitrogens with zero attached hydrogens (tertiary/aromatic N) is 1. The number of nitrogens with one attached hydrogen (secondary N) is 1. The zero-order valence-corrected chi connectivity index (χ0v) is 11.6. The largest absolute Gasteiger partial charge is 0.316 e. The zero-order valence-electron chi connectivity index (χ0n) is 10.8. The molecule has 0 saturated carbocycles. The SMILES string of the molecule is CNCc1ccccc1CN1CCSCC1C. The maximum Gasteiger partial charge on any atom is 0.0240 e. The van der Waals surface area contributed by atoms with Crippen LogP contribution in [0.4, 0.5) is 0 Å². The number of benzene rings is 1. The smallest absolute Gasteiger partial charge is 0.0240 e. The number of hydrogen-bond acceptors (Lipinski definition) is 3. The van der Waals surface area contributed by atoms with Crippen LogP contribution in [0.3, 0.4) is 0 Å². The summed E-state index contributed by atoms with van der Waals surface area (Å²) in [6.45, 7) is 5.62. The van der Waals surface area contributed by atoms with E-state index in [1.165, 1.54) is 29.2 Å². The lowest BCUT2D eigenvalue weighted by Crippen LogP contribution is -2.39. The standard InChI is InChI=1S/C14H22N2S/c1-12-11-17-8-7-16(12)10-14-6-4-3-5-13(14)9-15-2/h3-6,12,15H,7-11H2,1-2H3. The quantitative estimate of drug-likeness (QED) is 0.883. The number of rotatable bonds is 4. The van der Waals surface area contributed by atoms with Gasteiger partial charge in [0.15, 0.2) is 0 Å². The van der Waals surface area contributed by atoms with E-state index in [4.69, 9.17) is 0 Å². The Morgan fingerprint density at radius 1 is 1.35 bits per heavy atom. The lowest BCUT2D eigenvalue weighted by Gasteiger charge is -2.33. The fourth-order valence-corrected chi connectivity index (χ4v) is 3.37. The van der Waals surface area contributed by atoms with Gasteiger partial charge >= 0.3 is 0 Å². The lowest BCUT2D eigenvalue weighted by atomic mass is 10.1. The van der Waals surface area contributed by atoms with Crippen LogP contribution in [0.15, 0.2) is 24.3 Å². The summed E-state index contributed by atoms with van der Waals surface area (Å²) in [6, 6.07) is 9.48. The summed E-state index contributed by atoms with van der Waals surface area (Å²) >= 11 is 2.08. The van der Waals surface area contributed by atoms with Gasteiger partial charge in [0.2, 0.25) is 0 Å². The fourth-order valence-electron chi connectivity index (χ4n) is 2.29. The molecule has 0 bridgehead atoms. The van der Waals surface area contributed by atoms with E-state index < -0.39 is 0 Å². The van der Waals surface area contributed by atoms with Crippen molar-refractivity contribution in [3.05, 3.63) is 35.4 Å². The van der Waals surface area contributed by atoms with Crippen molar-refractivity contribution in [1.29, 1.82) is 0 Å². The van der Waals surface area contributed by atoms with Crippen LogP contribution in [0.2, 0.25) is 0 Å². The van der Waals surface area contributed by atoms with E-state index in [1.807, 2.05) is 7.05 Å². The molecule has 0 spiro atoms. The topological polar surface area (TPSA) is 15.3 Å². The molecule has 0 aliphatic carbocycles. The maximum atomic E-state index is 3.25. The Balaban J connectivity index is 2.06. The average Bonchev–Trinajstić information content (AvgIpc) is 2.35. The second-order valence-electron chi connectivity index (χ2n) is 4.69. The molecule has 2 rings (SSSR count). The molecular formula is C14H22N2S. The molecule has 0 aromatic heterocycles. The average molecular weight is 250 g/mol. The summed E-state index contributed by atoms with van der Waals surface area (Å²) in [4.78, 5) is 2.60. The zero-order chi connectivity index (χ0) is 12.1. The van der Waals surface area contributed by atoms with Crippen molar-refractivity contribution in [3.63, 3.8) is 0 Å². The molecule has 94 valence electrons. The predicted molar refractivity (Wildman–Crippen MR) is 76.4 cm³/mol. The molecular weight excluding hydrogens is 228 g/mol. The van der Waals surface area contributed by atoms with E-state index in [2.05, 4.69) is 53.2 Å². The van der Waals surface area contributed by atoms with Crippen molar-refractivity contribution in [2.75, 3.05) is 25.1 Å². The van der Waals surface area contributed by atoms with Gasteiger partial charge in [-0.25, -0.2) is 0 Å². The summed E-state index contributed by atoms with van der Waals surface area (Å²) < 4.78 is 0. The minimum absolute atomic E-state index is 0.705. The van der Waals surface area contributed by atoms with E-state index in [0.29, 0.717) is 6.04 Å². The van der Waals surface area contributed by atoms with Gasteiger partial charge in [-0.15, -0.1) is 0 Å². The first-order valence-electron chi connectivity index (χ1n) is 6.34.